The summed E-state index contributed by atoms with van der Waals surface area (Å²) in [5, 5.41) is 1.03. The lowest BCUT2D eigenvalue weighted by molar-refractivity contribution is -0.121. The number of aromatic amines is 1. The van der Waals surface area contributed by atoms with Gasteiger partial charge in [-0.15, -0.1) is 0 Å². The minimum Gasteiger partial charge on any atom is -0.494 e. The Labute approximate surface area is 157 Å². The molecule has 27 heavy (non-hydrogen) atoms. The van der Waals surface area contributed by atoms with Gasteiger partial charge in [-0.1, -0.05) is 11.6 Å². The first kappa shape index (κ1) is 18.5. The topological polar surface area (TPSA) is 83.2 Å². The van der Waals surface area contributed by atoms with Gasteiger partial charge in [-0.05, 0) is 62.7 Å². The van der Waals surface area contributed by atoms with E-state index in [1.165, 1.54) is 0 Å². The van der Waals surface area contributed by atoms with Gasteiger partial charge in [-0.3, -0.25) is 20.4 Å². The molecule has 0 unspecified atom stereocenters. The number of ether oxygens (including phenoxy) is 1. The smallest absolute Gasteiger partial charge is 0.269 e. The van der Waals surface area contributed by atoms with Crippen LogP contribution in [0.3, 0.4) is 0 Å². The second-order valence-corrected chi connectivity index (χ2v) is 6.41. The summed E-state index contributed by atoms with van der Waals surface area (Å²) in [6, 6.07) is 12.8. The second kappa shape index (κ2) is 7.95. The lowest BCUT2D eigenvalue weighted by Crippen LogP contribution is -2.42. The molecule has 0 aliphatic heterocycles. The van der Waals surface area contributed by atoms with Crippen molar-refractivity contribution < 1.29 is 14.3 Å². The molecule has 6 heteroatoms. The number of hydrogen-bond acceptors (Lipinski definition) is 3. The van der Waals surface area contributed by atoms with Crippen LogP contribution >= 0.6 is 0 Å². The Balaban J connectivity index is 1.62. The fraction of sp³-hybridized carbons (Fsp3) is 0.238. The monoisotopic (exact) mass is 365 g/mol. The van der Waals surface area contributed by atoms with Crippen molar-refractivity contribution in [2.75, 3.05) is 6.61 Å². The highest BCUT2D eigenvalue weighted by molar-refractivity contribution is 5.96. The summed E-state index contributed by atoms with van der Waals surface area (Å²) in [5.41, 5.74) is 9.39. The molecule has 1 heterocycles. The molecule has 0 saturated carbocycles. The number of H-pyrrole nitrogens is 1. The Morgan fingerprint density at radius 1 is 1.04 bits per heavy atom. The maximum atomic E-state index is 12.3. The Kier molecular flexibility index (Phi) is 5.45. The molecular formula is C21H23N3O3. The number of aryl methyl sites for hydroxylation is 2. The molecule has 0 saturated heterocycles. The molecule has 0 aliphatic carbocycles. The van der Waals surface area contributed by atoms with E-state index in [4.69, 9.17) is 4.74 Å². The third-order valence-corrected chi connectivity index (χ3v) is 4.36. The van der Waals surface area contributed by atoms with E-state index in [0.717, 1.165) is 27.7 Å². The molecule has 2 amide bonds. The van der Waals surface area contributed by atoms with E-state index in [2.05, 4.69) is 21.9 Å². The Morgan fingerprint density at radius 3 is 2.48 bits per heavy atom. The Hall–Kier alpha value is -3.28. The Morgan fingerprint density at radius 2 is 1.78 bits per heavy atom. The predicted octanol–water partition coefficient (Wildman–Crippen LogP) is 3.19. The average molecular weight is 365 g/mol. The zero-order valence-corrected chi connectivity index (χ0v) is 15.7. The fourth-order valence-corrected chi connectivity index (χ4v) is 3.00. The molecular weight excluding hydrogens is 342 g/mol. The third kappa shape index (κ3) is 4.28. The van der Waals surface area contributed by atoms with E-state index < -0.39 is 0 Å². The molecule has 1 aromatic heterocycles. The van der Waals surface area contributed by atoms with Crippen LogP contribution in [0.4, 0.5) is 0 Å². The second-order valence-electron chi connectivity index (χ2n) is 6.41. The molecule has 140 valence electrons. The molecule has 0 bridgehead atoms. The largest absolute Gasteiger partial charge is 0.494 e. The first-order valence-corrected chi connectivity index (χ1v) is 8.87. The number of fused-ring (bicyclic) bond motifs is 1. The van der Waals surface area contributed by atoms with Gasteiger partial charge in [0.15, 0.2) is 0 Å². The number of amides is 2. The van der Waals surface area contributed by atoms with Gasteiger partial charge in [0.1, 0.15) is 5.75 Å². The number of hydrazine groups is 1. The molecule has 0 atom stereocenters. The van der Waals surface area contributed by atoms with Crippen molar-refractivity contribution in [2.24, 2.45) is 0 Å². The van der Waals surface area contributed by atoms with Crippen molar-refractivity contribution in [3.63, 3.8) is 0 Å². The summed E-state index contributed by atoms with van der Waals surface area (Å²) in [6.07, 6.45) is 0.179. The van der Waals surface area contributed by atoms with E-state index >= 15 is 0 Å². The van der Waals surface area contributed by atoms with Crippen molar-refractivity contribution in [3.8, 4) is 5.75 Å². The van der Waals surface area contributed by atoms with Gasteiger partial charge in [-0.2, -0.15) is 0 Å². The quantitative estimate of drug-likeness (QED) is 0.607. The lowest BCUT2D eigenvalue weighted by atomic mass is 10.1. The first-order valence-electron chi connectivity index (χ1n) is 8.87. The van der Waals surface area contributed by atoms with Gasteiger partial charge >= 0.3 is 0 Å². The van der Waals surface area contributed by atoms with Crippen molar-refractivity contribution in [3.05, 3.63) is 64.8 Å². The van der Waals surface area contributed by atoms with Crippen LogP contribution in [0.1, 0.15) is 34.1 Å². The highest BCUT2D eigenvalue weighted by Gasteiger charge is 2.14. The molecule has 0 radical (unpaired) electrons. The molecule has 0 fully saturated rings. The molecule has 3 aromatic rings. The third-order valence-electron chi connectivity index (χ3n) is 4.36. The molecule has 3 rings (SSSR count). The highest BCUT2D eigenvalue weighted by atomic mass is 16.5. The van der Waals surface area contributed by atoms with E-state index in [1.54, 1.807) is 24.3 Å². The number of benzene rings is 2. The number of aromatic nitrogens is 1. The molecule has 6 nitrogen and oxygen atoms in total. The number of carbonyl (C=O) groups excluding carboxylic acids is 2. The summed E-state index contributed by atoms with van der Waals surface area (Å²) >= 11 is 0. The summed E-state index contributed by atoms with van der Waals surface area (Å²) < 4.78 is 5.35. The molecule has 3 N–H and O–H groups in total. The standard InChI is InChI=1S/C21H23N3O3/c1-4-27-16-8-6-15(7-9-16)21(26)24-23-20(25)12-17-14(3)22-19-10-5-13(2)11-18(17)19/h5-11,22H,4,12H2,1-3H3,(H,23,25)(H,24,26). The SMILES string of the molecule is CCOc1ccc(C(=O)NNC(=O)Cc2c(C)[nH]c3ccc(C)cc23)cc1. The summed E-state index contributed by atoms with van der Waals surface area (Å²) in [4.78, 5) is 27.8. The van der Waals surface area contributed by atoms with Crippen LogP contribution in [0.2, 0.25) is 0 Å². The lowest BCUT2D eigenvalue weighted by Gasteiger charge is -2.09. The van der Waals surface area contributed by atoms with E-state index in [9.17, 15) is 9.59 Å². The van der Waals surface area contributed by atoms with Gasteiger partial charge in [-0.25, -0.2) is 0 Å². The number of hydrogen-bond donors (Lipinski definition) is 3. The van der Waals surface area contributed by atoms with Crippen molar-refractivity contribution in [1.82, 2.24) is 15.8 Å². The summed E-state index contributed by atoms with van der Waals surface area (Å²) in [7, 11) is 0. The maximum absolute atomic E-state index is 12.3. The Bertz CT molecular complexity index is 974. The van der Waals surface area contributed by atoms with Crippen molar-refractivity contribution >= 4 is 22.7 Å². The predicted molar refractivity (Wildman–Crippen MR) is 105 cm³/mol. The van der Waals surface area contributed by atoms with Crippen molar-refractivity contribution in [2.45, 2.75) is 27.2 Å². The van der Waals surface area contributed by atoms with E-state index in [0.29, 0.717) is 17.9 Å². The molecule has 0 aliphatic rings. The van der Waals surface area contributed by atoms with Gasteiger partial charge in [0.05, 0.1) is 13.0 Å². The summed E-state index contributed by atoms with van der Waals surface area (Å²) in [5.74, 6) is 0.0425. The van der Waals surface area contributed by atoms with Crippen LogP contribution < -0.4 is 15.6 Å². The highest BCUT2D eigenvalue weighted by Crippen LogP contribution is 2.23. The van der Waals surface area contributed by atoms with Crippen molar-refractivity contribution in [1.29, 1.82) is 0 Å². The number of nitrogens with one attached hydrogen (secondary N) is 3. The van der Waals surface area contributed by atoms with Gasteiger partial charge < -0.3 is 9.72 Å². The fourth-order valence-electron chi connectivity index (χ4n) is 3.00. The van der Waals surface area contributed by atoms with Gasteiger partial charge in [0, 0.05) is 22.2 Å². The summed E-state index contributed by atoms with van der Waals surface area (Å²) in [6.45, 7) is 6.42. The zero-order chi connectivity index (χ0) is 19.4. The van der Waals surface area contributed by atoms with E-state index in [-0.39, 0.29) is 18.2 Å². The molecule has 2 aromatic carbocycles. The van der Waals surface area contributed by atoms with Crippen LogP contribution in [-0.2, 0) is 11.2 Å². The molecule has 0 spiro atoms. The normalized spacial score (nSPS) is 10.6. The average Bonchev–Trinajstić information content (AvgIpc) is 2.95. The van der Waals surface area contributed by atoms with Gasteiger partial charge in [0.2, 0.25) is 5.91 Å². The first-order chi connectivity index (χ1) is 13.0. The maximum Gasteiger partial charge on any atom is 0.269 e. The van der Waals surface area contributed by atoms with E-state index in [1.807, 2.05) is 32.9 Å². The van der Waals surface area contributed by atoms with Gasteiger partial charge in [0.25, 0.3) is 5.91 Å². The number of carbonyl (C=O) groups is 2. The van der Waals surface area contributed by atoms with Crippen LogP contribution in [-0.4, -0.2) is 23.4 Å². The minimum atomic E-state index is -0.377. The minimum absolute atomic E-state index is 0.179. The van der Waals surface area contributed by atoms with Crippen LogP contribution in [0, 0.1) is 13.8 Å². The van der Waals surface area contributed by atoms with Crippen LogP contribution in [0.25, 0.3) is 10.9 Å². The van der Waals surface area contributed by atoms with Crippen LogP contribution in [0.5, 0.6) is 5.75 Å². The zero-order valence-electron chi connectivity index (χ0n) is 15.7. The van der Waals surface area contributed by atoms with Crippen LogP contribution in [0.15, 0.2) is 42.5 Å². The number of rotatable bonds is 5.